The van der Waals surface area contributed by atoms with Gasteiger partial charge < -0.3 is 0 Å². The number of hydrogen-bond acceptors (Lipinski definition) is 2. The summed E-state index contributed by atoms with van der Waals surface area (Å²) in [7, 11) is -3.11. The first kappa shape index (κ1) is 10.5. The van der Waals surface area contributed by atoms with E-state index >= 15 is 0 Å². The molecule has 1 aromatic rings. The van der Waals surface area contributed by atoms with E-state index < -0.39 is 21.2 Å². The van der Waals surface area contributed by atoms with E-state index in [-0.39, 0.29) is 5.02 Å². The van der Waals surface area contributed by atoms with E-state index in [0.29, 0.717) is 0 Å². The van der Waals surface area contributed by atoms with Gasteiger partial charge in [0.2, 0.25) is 0 Å². The molecule has 1 heterocycles. The minimum atomic E-state index is -4.80. The number of aromatic nitrogens is 1. The molecule has 0 bridgehead atoms. The lowest BCUT2D eigenvalue weighted by Crippen LogP contribution is -2.16. The van der Waals surface area contributed by atoms with Crippen LogP contribution in [0, 0.1) is 0 Å². The average molecular weight is 230 g/mol. The lowest BCUT2D eigenvalue weighted by molar-refractivity contribution is -0.0384. The maximum atomic E-state index is 11.9. The molecule has 0 fully saturated rings. The number of alkyl halides is 3. The zero-order valence-corrected chi connectivity index (χ0v) is 7.58. The van der Waals surface area contributed by atoms with Crippen molar-refractivity contribution in [1.82, 2.24) is 4.98 Å². The minimum absolute atomic E-state index is 0.203. The molecular weight excluding hydrogens is 227 g/mol. The van der Waals surface area contributed by atoms with Gasteiger partial charge in [-0.3, -0.25) is 4.98 Å². The molecule has 0 unspecified atom stereocenters. The van der Waals surface area contributed by atoms with Gasteiger partial charge >= 0.3 is 5.51 Å². The Morgan fingerprint density at radius 2 is 2.08 bits per heavy atom. The summed E-state index contributed by atoms with van der Waals surface area (Å²) in [6.45, 7) is 0. The van der Waals surface area contributed by atoms with E-state index in [9.17, 15) is 17.4 Å². The fraction of sp³-hybridized carbons (Fsp3) is 0.167. The zero-order valence-electron chi connectivity index (χ0n) is 6.01. The molecule has 7 heteroatoms. The van der Waals surface area contributed by atoms with Gasteiger partial charge in [0.25, 0.3) is 0 Å². The minimum Gasteiger partial charge on any atom is -0.263 e. The molecule has 0 aromatic carbocycles. The second-order valence-corrected chi connectivity index (χ2v) is 3.87. The summed E-state index contributed by atoms with van der Waals surface area (Å²) in [6, 6.07) is 1.15. The molecule has 0 N–H and O–H groups in total. The fourth-order valence-corrected chi connectivity index (χ4v) is 1.59. The van der Waals surface area contributed by atoms with E-state index in [1.165, 1.54) is 6.20 Å². The third-order valence-corrected chi connectivity index (χ3v) is 2.73. The van der Waals surface area contributed by atoms with Crippen molar-refractivity contribution < 1.29 is 17.4 Å². The Balaban J connectivity index is 3.10. The smallest absolute Gasteiger partial charge is 0.263 e. The van der Waals surface area contributed by atoms with Crippen LogP contribution in [0.1, 0.15) is 0 Å². The lowest BCUT2D eigenvalue weighted by atomic mass is 10.5. The van der Waals surface area contributed by atoms with Crippen LogP contribution in [0.25, 0.3) is 0 Å². The topological polar surface area (TPSA) is 30.0 Å². The molecule has 0 amide bonds. The highest BCUT2D eigenvalue weighted by Crippen LogP contribution is 2.29. The maximum absolute atomic E-state index is 11.9. The van der Waals surface area contributed by atoms with Gasteiger partial charge in [-0.2, -0.15) is 13.2 Å². The van der Waals surface area contributed by atoms with Crippen LogP contribution in [0.5, 0.6) is 0 Å². The molecule has 2 nitrogen and oxygen atoms in total. The standard InChI is InChI=1S/C6H3ClF3NOS/c7-4-1-2-11-3-5(4)13(12)6(8,9)10/h1-3H/t13-/m1/s1. The highest BCUT2D eigenvalue weighted by molar-refractivity contribution is 7.86. The molecule has 72 valence electrons. The Morgan fingerprint density at radius 1 is 1.46 bits per heavy atom. The molecular formula is C6H3ClF3NOS. The number of halogens is 4. The van der Waals surface area contributed by atoms with Crippen molar-refractivity contribution in [3.8, 4) is 0 Å². The van der Waals surface area contributed by atoms with Crippen LogP contribution in [-0.2, 0) is 10.8 Å². The normalized spacial score (nSPS) is 14.2. The van der Waals surface area contributed by atoms with Gasteiger partial charge in [0.05, 0.1) is 9.92 Å². The highest BCUT2D eigenvalue weighted by Gasteiger charge is 2.39. The van der Waals surface area contributed by atoms with Crippen molar-refractivity contribution in [3.05, 3.63) is 23.5 Å². The van der Waals surface area contributed by atoms with E-state index in [2.05, 4.69) is 4.98 Å². The van der Waals surface area contributed by atoms with Crippen LogP contribution >= 0.6 is 11.6 Å². The fourth-order valence-electron chi connectivity index (χ4n) is 0.624. The van der Waals surface area contributed by atoms with Gasteiger partial charge in [0.15, 0.2) is 10.8 Å². The van der Waals surface area contributed by atoms with Gasteiger partial charge in [0, 0.05) is 12.4 Å². The average Bonchev–Trinajstić information content (AvgIpc) is 2.02. The largest absolute Gasteiger partial charge is 0.475 e. The van der Waals surface area contributed by atoms with Gasteiger partial charge in [-0.25, -0.2) is 4.21 Å². The van der Waals surface area contributed by atoms with Crippen LogP contribution in [0.4, 0.5) is 13.2 Å². The first-order valence-electron chi connectivity index (χ1n) is 3.01. The van der Waals surface area contributed by atoms with Gasteiger partial charge in [-0.15, -0.1) is 0 Å². The van der Waals surface area contributed by atoms with Crippen LogP contribution < -0.4 is 0 Å². The van der Waals surface area contributed by atoms with Crippen molar-refractivity contribution in [2.24, 2.45) is 0 Å². The second kappa shape index (κ2) is 3.63. The van der Waals surface area contributed by atoms with Crippen molar-refractivity contribution in [3.63, 3.8) is 0 Å². The van der Waals surface area contributed by atoms with E-state index in [0.717, 1.165) is 12.3 Å². The summed E-state index contributed by atoms with van der Waals surface area (Å²) in [6.07, 6.45) is 2.06. The van der Waals surface area contributed by atoms with Gasteiger partial charge in [-0.1, -0.05) is 11.6 Å². The number of nitrogens with zero attached hydrogens (tertiary/aromatic N) is 1. The third kappa shape index (κ3) is 2.41. The van der Waals surface area contributed by atoms with Crippen LogP contribution in [0.3, 0.4) is 0 Å². The summed E-state index contributed by atoms with van der Waals surface area (Å²) in [5, 5.41) is -0.203. The summed E-state index contributed by atoms with van der Waals surface area (Å²) in [5.74, 6) is 0. The summed E-state index contributed by atoms with van der Waals surface area (Å²) in [5.41, 5.74) is -4.80. The zero-order chi connectivity index (χ0) is 10.1. The predicted octanol–water partition coefficient (Wildman–Crippen LogP) is 2.36. The number of hydrogen-bond donors (Lipinski definition) is 0. The Labute approximate surface area is 79.2 Å². The molecule has 1 aromatic heterocycles. The first-order chi connectivity index (χ1) is 5.93. The molecule has 0 saturated carbocycles. The molecule has 1 rings (SSSR count). The van der Waals surface area contributed by atoms with Crippen molar-refractivity contribution in [1.29, 1.82) is 0 Å². The van der Waals surface area contributed by atoms with Gasteiger partial charge in [0.1, 0.15) is 0 Å². The van der Waals surface area contributed by atoms with Crippen molar-refractivity contribution in [2.75, 3.05) is 0 Å². The number of pyridine rings is 1. The molecule has 1 atom stereocenters. The van der Waals surface area contributed by atoms with Gasteiger partial charge in [-0.05, 0) is 6.07 Å². The molecule has 0 radical (unpaired) electrons. The molecule has 0 spiro atoms. The molecule has 0 aliphatic carbocycles. The highest BCUT2D eigenvalue weighted by atomic mass is 35.5. The predicted molar refractivity (Wildman–Crippen MR) is 41.7 cm³/mol. The van der Waals surface area contributed by atoms with Crippen LogP contribution in [0.2, 0.25) is 5.02 Å². The van der Waals surface area contributed by atoms with Crippen LogP contribution in [-0.4, -0.2) is 14.7 Å². The van der Waals surface area contributed by atoms with E-state index in [1.54, 1.807) is 0 Å². The summed E-state index contributed by atoms with van der Waals surface area (Å²) >= 11 is 5.39. The molecule has 13 heavy (non-hydrogen) atoms. The first-order valence-corrected chi connectivity index (χ1v) is 4.54. The SMILES string of the molecule is O=[S@](c1cnccc1Cl)C(F)(F)F. The number of rotatable bonds is 1. The lowest BCUT2D eigenvalue weighted by Gasteiger charge is -2.06. The monoisotopic (exact) mass is 229 g/mol. The maximum Gasteiger partial charge on any atom is 0.475 e. The van der Waals surface area contributed by atoms with Crippen LogP contribution in [0.15, 0.2) is 23.4 Å². The van der Waals surface area contributed by atoms with E-state index in [1.807, 2.05) is 0 Å². The Bertz CT molecular complexity index is 341. The Kier molecular flexibility index (Phi) is 2.92. The second-order valence-electron chi connectivity index (χ2n) is 2.02. The Hall–Kier alpha value is -0.620. The van der Waals surface area contributed by atoms with Crippen molar-refractivity contribution in [2.45, 2.75) is 10.4 Å². The third-order valence-electron chi connectivity index (χ3n) is 1.14. The molecule has 0 aliphatic heterocycles. The quantitative estimate of drug-likeness (QED) is 0.740. The molecule has 0 saturated heterocycles. The van der Waals surface area contributed by atoms with Crippen molar-refractivity contribution >= 4 is 22.4 Å². The Morgan fingerprint density at radius 3 is 2.54 bits per heavy atom. The van der Waals surface area contributed by atoms with E-state index in [4.69, 9.17) is 11.6 Å². The molecule has 0 aliphatic rings. The summed E-state index contributed by atoms with van der Waals surface area (Å²) in [4.78, 5) is 2.89. The summed E-state index contributed by atoms with van der Waals surface area (Å²) < 4.78 is 46.5.